The van der Waals surface area contributed by atoms with Gasteiger partial charge in [-0.3, -0.25) is 4.99 Å². The minimum absolute atomic E-state index is 0. The average Bonchev–Trinajstić information content (AvgIpc) is 3.35. The number of benzene rings is 1. The van der Waals surface area contributed by atoms with Gasteiger partial charge in [0.25, 0.3) is 0 Å². The number of halogens is 2. The number of nitrogens with zero attached hydrogens (tertiary/aromatic N) is 4. The van der Waals surface area contributed by atoms with Crippen molar-refractivity contribution in [3.63, 3.8) is 0 Å². The molecule has 0 saturated heterocycles. The normalized spacial score (nSPS) is 11.2. The molecule has 0 bridgehead atoms. The van der Waals surface area contributed by atoms with Crippen molar-refractivity contribution in [3.8, 4) is 11.4 Å². The van der Waals surface area contributed by atoms with E-state index >= 15 is 0 Å². The van der Waals surface area contributed by atoms with Gasteiger partial charge in [-0.1, -0.05) is 35.0 Å². The van der Waals surface area contributed by atoms with E-state index in [1.165, 1.54) is 4.88 Å². The number of aromatic nitrogens is 2. The van der Waals surface area contributed by atoms with Gasteiger partial charge in [0.1, 0.15) is 0 Å². The van der Waals surface area contributed by atoms with Crippen LogP contribution in [0.2, 0.25) is 5.02 Å². The largest absolute Gasteiger partial charge is 0.356 e. The van der Waals surface area contributed by atoms with Crippen molar-refractivity contribution in [2.24, 2.45) is 4.99 Å². The molecule has 0 spiro atoms. The van der Waals surface area contributed by atoms with Crippen LogP contribution in [0.4, 0.5) is 0 Å². The molecule has 3 rings (SSSR count). The Labute approximate surface area is 191 Å². The number of thiophene rings is 1. The molecule has 2 heterocycles. The van der Waals surface area contributed by atoms with Crippen molar-refractivity contribution >= 4 is 52.9 Å². The zero-order valence-electron chi connectivity index (χ0n) is 15.8. The van der Waals surface area contributed by atoms with Gasteiger partial charge in [-0.25, -0.2) is 0 Å². The molecular weight excluding hydrogens is 509 g/mol. The summed E-state index contributed by atoms with van der Waals surface area (Å²) in [6.45, 7) is 1.56. The van der Waals surface area contributed by atoms with Crippen LogP contribution < -0.4 is 5.32 Å². The summed E-state index contributed by atoms with van der Waals surface area (Å²) in [5, 5.41) is 10.1. The Morgan fingerprint density at radius 3 is 2.86 bits per heavy atom. The van der Waals surface area contributed by atoms with Crippen molar-refractivity contribution in [2.45, 2.75) is 12.8 Å². The second-order valence-corrected chi connectivity index (χ2v) is 7.47. The molecule has 150 valence electrons. The number of likely N-dealkylation sites (N-methyl/N-ethyl adjacent to an activating group) is 1. The van der Waals surface area contributed by atoms with Gasteiger partial charge in [-0.05, 0) is 30.0 Å². The lowest BCUT2D eigenvalue weighted by molar-refractivity contribution is 0.377. The fourth-order valence-corrected chi connectivity index (χ4v) is 3.49. The van der Waals surface area contributed by atoms with Crippen LogP contribution in [0, 0.1) is 0 Å². The first kappa shape index (κ1) is 22.6. The second kappa shape index (κ2) is 11.4. The van der Waals surface area contributed by atoms with Crippen molar-refractivity contribution in [1.82, 2.24) is 20.4 Å². The highest BCUT2D eigenvalue weighted by Crippen LogP contribution is 2.19. The molecular formula is C19H23ClIN5OS. The first-order valence-electron chi connectivity index (χ1n) is 8.68. The van der Waals surface area contributed by atoms with Crippen LogP contribution in [0.25, 0.3) is 11.4 Å². The first-order chi connectivity index (χ1) is 13.2. The van der Waals surface area contributed by atoms with Gasteiger partial charge in [0.15, 0.2) is 5.96 Å². The Morgan fingerprint density at radius 1 is 1.29 bits per heavy atom. The lowest BCUT2D eigenvalue weighted by Crippen LogP contribution is -2.40. The summed E-state index contributed by atoms with van der Waals surface area (Å²) in [5.74, 6) is 1.97. The Bertz CT molecular complexity index is 884. The number of hydrogen-bond donors (Lipinski definition) is 1. The minimum atomic E-state index is 0. The van der Waals surface area contributed by atoms with Crippen LogP contribution in [0.5, 0.6) is 0 Å². The van der Waals surface area contributed by atoms with Gasteiger partial charge in [0.05, 0.1) is 0 Å². The maximum atomic E-state index is 6.01. The Morgan fingerprint density at radius 2 is 2.14 bits per heavy atom. The molecule has 6 nitrogen and oxygen atoms in total. The highest BCUT2D eigenvalue weighted by molar-refractivity contribution is 14.0. The highest BCUT2D eigenvalue weighted by Gasteiger charge is 2.10. The molecule has 1 N–H and O–H groups in total. The molecule has 2 aromatic heterocycles. The zero-order valence-corrected chi connectivity index (χ0v) is 19.7. The molecule has 0 atom stereocenters. The molecule has 28 heavy (non-hydrogen) atoms. The van der Waals surface area contributed by atoms with E-state index in [0.29, 0.717) is 29.7 Å². The third-order valence-electron chi connectivity index (χ3n) is 4.02. The summed E-state index contributed by atoms with van der Waals surface area (Å²) in [6.07, 6.45) is 1.62. The highest BCUT2D eigenvalue weighted by atomic mass is 127. The lowest BCUT2D eigenvalue weighted by atomic mass is 10.2. The maximum Gasteiger partial charge on any atom is 0.228 e. The van der Waals surface area contributed by atoms with E-state index in [1.807, 2.05) is 31.3 Å². The number of rotatable bonds is 7. The zero-order chi connectivity index (χ0) is 19.1. The predicted octanol–water partition coefficient (Wildman–Crippen LogP) is 4.36. The van der Waals surface area contributed by atoms with Gasteiger partial charge >= 0.3 is 0 Å². The summed E-state index contributed by atoms with van der Waals surface area (Å²) in [4.78, 5) is 12.3. The van der Waals surface area contributed by atoms with E-state index in [0.717, 1.165) is 24.5 Å². The Hall–Kier alpha value is -1.65. The van der Waals surface area contributed by atoms with Gasteiger partial charge in [-0.2, -0.15) is 4.98 Å². The quantitative estimate of drug-likeness (QED) is 0.279. The number of aliphatic imine (C=N–C) groups is 1. The van der Waals surface area contributed by atoms with E-state index in [4.69, 9.17) is 16.1 Å². The van der Waals surface area contributed by atoms with Crippen LogP contribution >= 0.6 is 46.9 Å². The fourth-order valence-electron chi connectivity index (χ4n) is 2.61. The van der Waals surface area contributed by atoms with Gasteiger partial charge in [0, 0.05) is 49.1 Å². The molecule has 0 unspecified atom stereocenters. The SMILES string of the molecule is CN=C(NCCc1nc(-c2cccc(Cl)c2)no1)N(C)CCc1cccs1.I. The predicted molar refractivity (Wildman–Crippen MR) is 126 cm³/mol. The fraction of sp³-hybridized carbons (Fsp3) is 0.316. The van der Waals surface area contributed by atoms with Crippen LogP contribution in [0.3, 0.4) is 0 Å². The average molecular weight is 532 g/mol. The van der Waals surface area contributed by atoms with Crippen LogP contribution in [-0.4, -0.2) is 48.2 Å². The third-order valence-corrected chi connectivity index (χ3v) is 5.19. The molecule has 0 aliphatic carbocycles. The van der Waals surface area contributed by atoms with Crippen LogP contribution in [-0.2, 0) is 12.8 Å². The summed E-state index contributed by atoms with van der Waals surface area (Å²) in [6, 6.07) is 11.6. The summed E-state index contributed by atoms with van der Waals surface area (Å²) >= 11 is 7.79. The molecule has 0 aliphatic heterocycles. The number of guanidine groups is 1. The van der Waals surface area contributed by atoms with Gasteiger partial charge in [0.2, 0.25) is 11.7 Å². The van der Waals surface area contributed by atoms with Crippen molar-refractivity contribution < 1.29 is 4.52 Å². The minimum Gasteiger partial charge on any atom is -0.356 e. The molecule has 0 radical (unpaired) electrons. The lowest BCUT2D eigenvalue weighted by Gasteiger charge is -2.21. The number of nitrogens with one attached hydrogen (secondary N) is 1. The van der Waals surface area contributed by atoms with Crippen molar-refractivity contribution in [3.05, 3.63) is 57.6 Å². The topological polar surface area (TPSA) is 66.5 Å². The maximum absolute atomic E-state index is 6.01. The van der Waals surface area contributed by atoms with E-state index < -0.39 is 0 Å². The molecule has 0 aliphatic rings. The molecule has 3 aromatic rings. The monoisotopic (exact) mass is 531 g/mol. The van der Waals surface area contributed by atoms with Crippen molar-refractivity contribution in [1.29, 1.82) is 0 Å². The van der Waals surface area contributed by atoms with Gasteiger partial charge in [-0.15, -0.1) is 35.3 Å². The summed E-state index contributed by atoms with van der Waals surface area (Å²) in [5.41, 5.74) is 0.842. The Kier molecular flexibility index (Phi) is 9.20. The number of hydrogen-bond acceptors (Lipinski definition) is 5. The summed E-state index contributed by atoms with van der Waals surface area (Å²) < 4.78 is 5.34. The smallest absolute Gasteiger partial charge is 0.228 e. The second-order valence-electron chi connectivity index (χ2n) is 6.00. The molecule has 0 saturated carbocycles. The van der Waals surface area contributed by atoms with E-state index in [1.54, 1.807) is 18.4 Å². The molecule has 0 amide bonds. The third kappa shape index (κ3) is 6.46. The van der Waals surface area contributed by atoms with Crippen LogP contribution in [0.15, 0.2) is 51.3 Å². The standard InChI is InChI=1S/C19H22ClN5OS.HI/c1-21-19(25(2)11-9-16-7-4-12-27-16)22-10-8-17-23-18(24-26-17)14-5-3-6-15(20)13-14;/h3-7,12-13H,8-11H2,1-2H3,(H,21,22);1H. The van der Waals surface area contributed by atoms with E-state index in [-0.39, 0.29) is 24.0 Å². The molecule has 9 heteroatoms. The Balaban J connectivity index is 0.00000280. The molecule has 0 fully saturated rings. The van der Waals surface area contributed by atoms with Crippen molar-refractivity contribution in [2.75, 3.05) is 27.2 Å². The van der Waals surface area contributed by atoms with Gasteiger partial charge < -0.3 is 14.7 Å². The summed E-state index contributed by atoms with van der Waals surface area (Å²) in [7, 11) is 3.82. The van der Waals surface area contributed by atoms with E-state index in [9.17, 15) is 0 Å². The molecule has 1 aromatic carbocycles. The van der Waals surface area contributed by atoms with Crippen LogP contribution in [0.1, 0.15) is 10.8 Å². The van der Waals surface area contributed by atoms with E-state index in [2.05, 4.69) is 42.9 Å². The first-order valence-corrected chi connectivity index (χ1v) is 9.94.